The van der Waals surface area contributed by atoms with Gasteiger partial charge in [-0.3, -0.25) is 9.67 Å². The van der Waals surface area contributed by atoms with Gasteiger partial charge in [-0.15, -0.1) is 0 Å². The van der Waals surface area contributed by atoms with E-state index in [1.54, 1.807) is 18.5 Å². The lowest BCUT2D eigenvalue weighted by atomic mass is 10.0. The number of hydrogen-bond donors (Lipinski definition) is 2. The first-order chi connectivity index (χ1) is 14.6. The number of nitrogens with two attached hydrogens (primary N) is 1. The molecular weight excluding hydrogens is 403 g/mol. The van der Waals surface area contributed by atoms with Crippen LogP contribution in [0.15, 0.2) is 49.1 Å². The van der Waals surface area contributed by atoms with Crippen LogP contribution in [0.2, 0.25) is 5.02 Å². The van der Waals surface area contributed by atoms with Crippen LogP contribution in [0.3, 0.4) is 0 Å². The average molecular weight is 423 g/mol. The molecule has 1 fully saturated rings. The second-order valence-electron chi connectivity index (χ2n) is 7.50. The SMILES string of the molecule is Nc1ncc(-c2cnn(C3CCNCC3)c2)cc1-c1cc2ccc(F)c(Cl)c2cn1. The Balaban J connectivity index is 1.52. The van der Waals surface area contributed by atoms with Gasteiger partial charge in [-0.05, 0) is 49.5 Å². The summed E-state index contributed by atoms with van der Waals surface area (Å²) in [7, 11) is 0. The maximum atomic E-state index is 13.7. The van der Waals surface area contributed by atoms with Gasteiger partial charge in [0.2, 0.25) is 0 Å². The first kappa shape index (κ1) is 19.0. The molecule has 4 heterocycles. The van der Waals surface area contributed by atoms with Gasteiger partial charge in [-0.1, -0.05) is 17.7 Å². The molecule has 152 valence electrons. The van der Waals surface area contributed by atoms with Gasteiger partial charge in [0.15, 0.2) is 0 Å². The van der Waals surface area contributed by atoms with Gasteiger partial charge < -0.3 is 11.1 Å². The lowest BCUT2D eigenvalue weighted by molar-refractivity contribution is 0.343. The third-order valence-corrected chi connectivity index (χ3v) is 5.99. The fourth-order valence-electron chi connectivity index (χ4n) is 3.90. The molecule has 8 heteroatoms. The second kappa shape index (κ2) is 7.66. The van der Waals surface area contributed by atoms with Crippen LogP contribution in [0, 0.1) is 5.82 Å². The Morgan fingerprint density at radius 1 is 1.07 bits per heavy atom. The van der Waals surface area contributed by atoms with E-state index in [0.717, 1.165) is 42.4 Å². The molecule has 0 radical (unpaired) electrons. The van der Waals surface area contributed by atoms with Crippen molar-refractivity contribution >= 4 is 28.2 Å². The molecule has 5 rings (SSSR count). The van der Waals surface area contributed by atoms with E-state index in [1.807, 2.05) is 23.0 Å². The number of fused-ring (bicyclic) bond motifs is 1. The number of hydrogen-bond acceptors (Lipinski definition) is 5. The molecule has 1 aliphatic rings. The normalized spacial score (nSPS) is 15.0. The van der Waals surface area contributed by atoms with Gasteiger partial charge in [0.05, 0.1) is 23.0 Å². The van der Waals surface area contributed by atoms with Crippen molar-refractivity contribution in [2.75, 3.05) is 18.8 Å². The molecule has 3 aromatic heterocycles. The Morgan fingerprint density at radius 3 is 2.73 bits per heavy atom. The first-order valence-electron chi connectivity index (χ1n) is 9.85. The van der Waals surface area contributed by atoms with Gasteiger partial charge in [0.1, 0.15) is 11.6 Å². The van der Waals surface area contributed by atoms with Crippen molar-refractivity contribution < 1.29 is 4.39 Å². The Labute approximate surface area is 177 Å². The van der Waals surface area contributed by atoms with Crippen molar-refractivity contribution in [3.05, 3.63) is 59.9 Å². The third-order valence-electron chi connectivity index (χ3n) is 5.60. The monoisotopic (exact) mass is 422 g/mol. The quantitative estimate of drug-likeness (QED) is 0.509. The van der Waals surface area contributed by atoms with Crippen LogP contribution < -0.4 is 11.1 Å². The molecule has 1 saturated heterocycles. The molecule has 6 nitrogen and oxygen atoms in total. The molecule has 0 atom stereocenters. The zero-order valence-corrected chi connectivity index (χ0v) is 16.9. The van der Waals surface area contributed by atoms with Crippen LogP contribution in [-0.2, 0) is 0 Å². The van der Waals surface area contributed by atoms with Crippen molar-refractivity contribution in [1.29, 1.82) is 0 Å². The van der Waals surface area contributed by atoms with Crippen LogP contribution in [0.5, 0.6) is 0 Å². The van der Waals surface area contributed by atoms with Crippen molar-refractivity contribution in [3.63, 3.8) is 0 Å². The summed E-state index contributed by atoms with van der Waals surface area (Å²) >= 11 is 6.06. The number of benzene rings is 1. The van der Waals surface area contributed by atoms with Gasteiger partial charge >= 0.3 is 0 Å². The maximum Gasteiger partial charge on any atom is 0.142 e. The number of piperidine rings is 1. The van der Waals surface area contributed by atoms with Crippen molar-refractivity contribution in [1.82, 2.24) is 25.1 Å². The minimum Gasteiger partial charge on any atom is -0.383 e. The molecule has 4 aromatic rings. The average Bonchev–Trinajstić information content (AvgIpc) is 3.27. The van der Waals surface area contributed by atoms with Crippen LogP contribution in [0.25, 0.3) is 33.2 Å². The summed E-state index contributed by atoms with van der Waals surface area (Å²) in [5, 5.41) is 9.35. The van der Waals surface area contributed by atoms with Crippen LogP contribution in [-0.4, -0.2) is 32.8 Å². The van der Waals surface area contributed by atoms with E-state index in [0.29, 0.717) is 28.5 Å². The Kier molecular flexibility index (Phi) is 4.84. The number of halogens is 2. The molecule has 0 aliphatic carbocycles. The zero-order valence-electron chi connectivity index (χ0n) is 16.1. The summed E-state index contributed by atoms with van der Waals surface area (Å²) in [6.45, 7) is 2.02. The summed E-state index contributed by atoms with van der Waals surface area (Å²) < 4.78 is 15.8. The summed E-state index contributed by atoms with van der Waals surface area (Å²) in [6, 6.07) is 7.25. The highest BCUT2D eigenvalue weighted by Crippen LogP contribution is 2.33. The lowest BCUT2D eigenvalue weighted by Gasteiger charge is -2.22. The highest BCUT2D eigenvalue weighted by Gasteiger charge is 2.17. The summed E-state index contributed by atoms with van der Waals surface area (Å²) in [5.41, 5.74) is 9.42. The largest absolute Gasteiger partial charge is 0.383 e. The molecule has 3 N–H and O–H groups in total. The maximum absolute atomic E-state index is 13.7. The van der Waals surface area contributed by atoms with Gasteiger partial charge in [0.25, 0.3) is 0 Å². The summed E-state index contributed by atoms with van der Waals surface area (Å²) in [4.78, 5) is 8.82. The smallest absolute Gasteiger partial charge is 0.142 e. The lowest BCUT2D eigenvalue weighted by Crippen LogP contribution is -2.29. The van der Waals surface area contributed by atoms with E-state index >= 15 is 0 Å². The number of anilines is 1. The first-order valence-corrected chi connectivity index (χ1v) is 10.2. The number of nitrogens with one attached hydrogen (secondary N) is 1. The molecule has 30 heavy (non-hydrogen) atoms. The third kappa shape index (κ3) is 3.40. The number of rotatable bonds is 3. The van der Waals surface area contributed by atoms with Gasteiger partial charge in [-0.2, -0.15) is 5.10 Å². The van der Waals surface area contributed by atoms with E-state index in [-0.39, 0.29) is 5.02 Å². The van der Waals surface area contributed by atoms with E-state index in [2.05, 4.69) is 26.6 Å². The van der Waals surface area contributed by atoms with Gasteiger partial charge in [0, 0.05) is 40.7 Å². The van der Waals surface area contributed by atoms with E-state index in [9.17, 15) is 4.39 Å². The minimum atomic E-state index is -0.465. The number of aromatic nitrogens is 4. The zero-order chi connectivity index (χ0) is 20.7. The van der Waals surface area contributed by atoms with Crippen LogP contribution in [0.4, 0.5) is 10.2 Å². The van der Waals surface area contributed by atoms with E-state index < -0.39 is 5.82 Å². The highest BCUT2D eigenvalue weighted by molar-refractivity contribution is 6.35. The number of pyridine rings is 2. The Morgan fingerprint density at radius 2 is 1.90 bits per heavy atom. The van der Waals surface area contributed by atoms with E-state index in [4.69, 9.17) is 17.3 Å². The molecule has 1 aromatic carbocycles. The van der Waals surface area contributed by atoms with Crippen molar-refractivity contribution in [2.24, 2.45) is 0 Å². The standard InChI is InChI=1S/C22H20ClFN6/c23-21-18-11-27-20(8-13(18)1-2-19(21)24)17-7-14(9-28-22(17)25)15-10-29-30(12-15)16-3-5-26-6-4-16/h1-2,7-12,16,26H,3-6H2,(H2,25,28). The molecule has 0 unspecified atom stereocenters. The fraction of sp³-hybridized carbons (Fsp3) is 0.227. The fourth-order valence-corrected chi connectivity index (χ4v) is 4.12. The number of nitrogen functional groups attached to an aromatic ring is 1. The minimum absolute atomic E-state index is 0.0664. The summed E-state index contributed by atoms with van der Waals surface area (Å²) in [6.07, 6.45) is 9.36. The van der Waals surface area contributed by atoms with Gasteiger partial charge in [-0.25, -0.2) is 9.37 Å². The Bertz CT molecular complexity index is 1230. The molecule has 0 bridgehead atoms. The molecule has 1 aliphatic heterocycles. The predicted molar refractivity (Wildman–Crippen MR) is 117 cm³/mol. The number of nitrogens with zero attached hydrogens (tertiary/aromatic N) is 4. The Hall–Kier alpha value is -3.03. The predicted octanol–water partition coefficient (Wildman–Crippen LogP) is 4.46. The highest BCUT2D eigenvalue weighted by atomic mass is 35.5. The van der Waals surface area contributed by atoms with Crippen molar-refractivity contribution in [3.8, 4) is 22.4 Å². The van der Waals surface area contributed by atoms with Crippen LogP contribution >= 0.6 is 11.6 Å². The van der Waals surface area contributed by atoms with Crippen LogP contribution in [0.1, 0.15) is 18.9 Å². The van der Waals surface area contributed by atoms with E-state index in [1.165, 1.54) is 6.07 Å². The van der Waals surface area contributed by atoms with Crippen molar-refractivity contribution in [2.45, 2.75) is 18.9 Å². The molecule has 0 spiro atoms. The topological polar surface area (TPSA) is 81.6 Å². The molecule has 0 amide bonds. The molecular formula is C22H20ClFN6. The summed E-state index contributed by atoms with van der Waals surface area (Å²) in [5.74, 6) is -0.0859. The molecule has 0 saturated carbocycles. The second-order valence-corrected chi connectivity index (χ2v) is 7.88.